The summed E-state index contributed by atoms with van der Waals surface area (Å²) in [7, 11) is 0. The van der Waals surface area contributed by atoms with Crippen molar-refractivity contribution in [3.05, 3.63) is 29.6 Å². The molecule has 0 bridgehead atoms. The lowest BCUT2D eigenvalue weighted by molar-refractivity contribution is -0.135. The van der Waals surface area contributed by atoms with Gasteiger partial charge in [0.05, 0.1) is 6.04 Å². The molecular formula is C20H29N7O2. The number of carbonyl (C=O) groups excluding carboxylic acids is 2. The van der Waals surface area contributed by atoms with Crippen LogP contribution in [0.4, 0.5) is 0 Å². The van der Waals surface area contributed by atoms with Gasteiger partial charge in [0.2, 0.25) is 5.91 Å². The predicted octanol–water partition coefficient (Wildman–Crippen LogP) is 1.66. The second-order valence-electron chi connectivity index (χ2n) is 7.68. The highest BCUT2D eigenvalue weighted by atomic mass is 16.2. The molecule has 0 aliphatic carbocycles. The van der Waals surface area contributed by atoms with Crippen LogP contribution in [0.1, 0.15) is 67.7 Å². The summed E-state index contributed by atoms with van der Waals surface area (Å²) >= 11 is 0. The van der Waals surface area contributed by atoms with Gasteiger partial charge in [-0.3, -0.25) is 14.3 Å². The van der Waals surface area contributed by atoms with E-state index < -0.39 is 0 Å². The Morgan fingerprint density at radius 1 is 1.10 bits per heavy atom. The second kappa shape index (κ2) is 8.34. The SMILES string of the molecule is CCC(=O)N1CCCCC1c1nnc2n1CCN(C(=O)c1ccn(CC)n1)CC2. The van der Waals surface area contributed by atoms with E-state index in [4.69, 9.17) is 0 Å². The van der Waals surface area contributed by atoms with Crippen LogP contribution in [-0.4, -0.2) is 65.8 Å². The van der Waals surface area contributed by atoms with E-state index in [1.807, 2.05) is 29.8 Å². The normalized spacial score (nSPS) is 19.7. The number of hydrogen-bond donors (Lipinski definition) is 0. The zero-order valence-corrected chi connectivity index (χ0v) is 17.3. The average molecular weight is 399 g/mol. The van der Waals surface area contributed by atoms with Crippen LogP contribution in [0, 0.1) is 0 Å². The van der Waals surface area contributed by atoms with E-state index in [0.29, 0.717) is 38.2 Å². The summed E-state index contributed by atoms with van der Waals surface area (Å²) in [5.41, 5.74) is 0.483. The van der Waals surface area contributed by atoms with Gasteiger partial charge in [0, 0.05) is 51.8 Å². The van der Waals surface area contributed by atoms with Gasteiger partial charge in [0.25, 0.3) is 5.91 Å². The molecule has 1 unspecified atom stereocenters. The minimum Gasteiger partial charge on any atom is -0.335 e. The van der Waals surface area contributed by atoms with E-state index in [2.05, 4.69) is 19.9 Å². The van der Waals surface area contributed by atoms with E-state index in [1.54, 1.807) is 10.7 Å². The average Bonchev–Trinajstić information content (AvgIpc) is 3.35. The topological polar surface area (TPSA) is 89.2 Å². The minimum atomic E-state index is -0.0436. The van der Waals surface area contributed by atoms with E-state index in [1.165, 1.54) is 0 Å². The van der Waals surface area contributed by atoms with Crippen molar-refractivity contribution in [1.29, 1.82) is 0 Å². The van der Waals surface area contributed by atoms with Gasteiger partial charge in [-0.2, -0.15) is 5.10 Å². The molecule has 2 amide bonds. The van der Waals surface area contributed by atoms with Gasteiger partial charge in [-0.25, -0.2) is 0 Å². The number of rotatable bonds is 4. The van der Waals surface area contributed by atoms with E-state index in [9.17, 15) is 9.59 Å². The van der Waals surface area contributed by atoms with Gasteiger partial charge in [-0.15, -0.1) is 10.2 Å². The molecule has 9 nitrogen and oxygen atoms in total. The molecule has 4 heterocycles. The summed E-state index contributed by atoms with van der Waals surface area (Å²) in [6.07, 6.45) is 6.04. The first-order valence-electron chi connectivity index (χ1n) is 10.7. The van der Waals surface area contributed by atoms with Gasteiger partial charge in [-0.05, 0) is 32.3 Å². The predicted molar refractivity (Wildman–Crippen MR) is 106 cm³/mol. The monoisotopic (exact) mass is 399 g/mol. The third-order valence-electron chi connectivity index (χ3n) is 5.95. The highest BCUT2D eigenvalue weighted by Gasteiger charge is 2.33. The maximum absolute atomic E-state index is 12.9. The van der Waals surface area contributed by atoms with Gasteiger partial charge in [-0.1, -0.05) is 6.92 Å². The smallest absolute Gasteiger partial charge is 0.274 e. The molecule has 0 radical (unpaired) electrons. The summed E-state index contributed by atoms with van der Waals surface area (Å²) in [6.45, 7) is 7.25. The molecule has 0 spiro atoms. The fourth-order valence-electron chi connectivity index (χ4n) is 4.31. The molecule has 2 aliphatic rings. The summed E-state index contributed by atoms with van der Waals surface area (Å²) in [6, 6.07) is 1.76. The van der Waals surface area contributed by atoms with Crippen molar-refractivity contribution < 1.29 is 9.59 Å². The number of likely N-dealkylation sites (tertiary alicyclic amines) is 1. The highest BCUT2D eigenvalue weighted by molar-refractivity contribution is 5.92. The van der Waals surface area contributed by atoms with Crippen molar-refractivity contribution in [1.82, 2.24) is 34.3 Å². The van der Waals surface area contributed by atoms with Crippen molar-refractivity contribution in [2.75, 3.05) is 19.6 Å². The fourth-order valence-corrected chi connectivity index (χ4v) is 4.31. The quantitative estimate of drug-likeness (QED) is 0.780. The van der Waals surface area contributed by atoms with Crippen LogP contribution in [0.2, 0.25) is 0 Å². The number of hydrogen-bond acceptors (Lipinski definition) is 5. The maximum Gasteiger partial charge on any atom is 0.274 e. The number of nitrogens with zero attached hydrogens (tertiary/aromatic N) is 7. The molecule has 0 saturated carbocycles. The Bertz CT molecular complexity index is 887. The fraction of sp³-hybridized carbons (Fsp3) is 0.650. The molecule has 1 saturated heterocycles. The lowest BCUT2D eigenvalue weighted by atomic mass is 10.0. The lowest BCUT2D eigenvalue weighted by Gasteiger charge is -2.35. The first-order valence-corrected chi connectivity index (χ1v) is 10.7. The van der Waals surface area contributed by atoms with Crippen LogP contribution in [0.3, 0.4) is 0 Å². The van der Waals surface area contributed by atoms with Gasteiger partial charge >= 0.3 is 0 Å². The molecule has 0 N–H and O–H groups in total. The summed E-state index contributed by atoms with van der Waals surface area (Å²) < 4.78 is 3.89. The molecule has 0 aromatic carbocycles. The molecule has 1 atom stereocenters. The molecule has 2 aromatic rings. The van der Waals surface area contributed by atoms with Crippen molar-refractivity contribution in [2.45, 2.75) is 65.1 Å². The largest absolute Gasteiger partial charge is 0.335 e. The zero-order chi connectivity index (χ0) is 20.4. The Morgan fingerprint density at radius 2 is 1.97 bits per heavy atom. The summed E-state index contributed by atoms with van der Waals surface area (Å²) in [5, 5.41) is 13.2. The first kappa shape index (κ1) is 19.6. The van der Waals surface area contributed by atoms with Crippen LogP contribution in [0.15, 0.2) is 12.3 Å². The number of piperidine rings is 1. The zero-order valence-electron chi connectivity index (χ0n) is 17.3. The number of aromatic nitrogens is 5. The van der Waals surface area contributed by atoms with Crippen molar-refractivity contribution in [3.63, 3.8) is 0 Å². The Morgan fingerprint density at radius 3 is 2.72 bits per heavy atom. The van der Waals surface area contributed by atoms with Gasteiger partial charge in [0.1, 0.15) is 11.5 Å². The van der Waals surface area contributed by atoms with Crippen molar-refractivity contribution in [3.8, 4) is 0 Å². The Kier molecular flexibility index (Phi) is 5.64. The van der Waals surface area contributed by atoms with Crippen LogP contribution < -0.4 is 0 Å². The van der Waals surface area contributed by atoms with E-state index in [0.717, 1.165) is 44.0 Å². The lowest BCUT2D eigenvalue weighted by Crippen LogP contribution is -2.39. The van der Waals surface area contributed by atoms with Gasteiger partial charge in [0.15, 0.2) is 5.82 Å². The van der Waals surface area contributed by atoms with E-state index >= 15 is 0 Å². The van der Waals surface area contributed by atoms with Crippen LogP contribution in [0.5, 0.6) is 0 Å². The molecule has 29 heavy (non-hydrogen) atoms. The van der Waals surface area contributed by atoms with E-state index in [-0.39, 0.29) is 17.9 Å². The van der Waals surface area contributed by atoms with Crippen LogP contribution >= 0.6 is 0 Å². The summed E-state index contributed by atoms with van der Waals surface area (Å²) in [5.74, 6) is 1.89. The highest BCUT2D eigenvalue weighted by Crippen LogP contribution is 2.31. The number of carbonyl (C=O) groups is 2. The standard InChI is InChI=1S/C20H29N7O2/c1-3-18(28)26-10-6-5-7-16(26)19-22-21-17-9-11-24(13-14-27(17)19)20(29)15-8-12-25(4-2)23-15/h8,12,16H,3-7,9-11,13-14H2,1-2H3. The molecule has 9 heteroatoms. The van der Waals surface area contributed by atoms with Crippen molar-refractivity contribution in [2.24, 2.45) is 0 Å². The second-order valence-corrected chi connectivity index (χ2v) is 7.68. The third kappa shape index (κ3) is 3.77. The number of fused-ring (bicyclic) bond motifs is 1. The Balaban J connectivity index is 1.52. The van der Waals surface area contributed by atoms with Crippen molar-refractivity contribution >= 4 is 11.8 Å². The maximum atomic E-state index is 12.9. The first-order chi connectivity index (χ1) is 14.1. The van der Waals surface area contributed by atoms with Crippen LogP contribution in [-0.2, 0) is 24.3 Å². The molecule has 156 valence electrons. The van der Waals surface area contributed by atoms with Gasteiger partial charge < -0.3 is 14.4 Å². The summed E-state index contributed by atoms with van der Waals surface area (Å²) in [4.78, 5) is 29.1. The number of aryl methyl sites for hydroxylation is 1. The molecular weight excluding hydrogens is 370 g/mol. The Labute approximate surface area is 170 Å². The minimum absolute atomic E-state index is 0.0139. The Hall–Kier alpha value is -2.71. The molecule has 2 aromatic heterocycles. The molecule has 4 rings (SSSR count). The number of amides is 2. The third-order valence-corrected chi connectivity index (χ3v) is 5.95. The molecule has 2 aliphatic heterocycles. The molecule has 1 fully saturated rings. The van der Waals surface area contributed by atoms with Crippen LogP contribution in [0.25, 0.3) is 0 Å².